The van der Waals surface area contributed by atoms with Gasteiger partial charge >= 0.3 is 59.7 Å². The van der Waals surface area contributed by atoms with Crippen LogP contribution in [0.1, 0.15) is 108 Å². The number of nitrogens with one attached hydrogen (secondary N) is 1. The van der Waals surface area contributed by atoms with Gasteiger partial charge in [0.05, 0.1) is 14.2 Å². The lowest BCUT2D eigenvalue weighted by Crippen LogP contribution is -2.37. The largest absolute Gasteiger partial charge is 0.482 e. The molecule has 1 aliphatic heterocycles. The topological polar surface area (TPSA) is 311 Å². The van der Waals surface area contributed by atoms with Crippen molar-refractivity contribution in [3.63, 3.8) is 0 Å². The van der Waals surface area contributed by atoms with E-state index in [1.165, 1.54) is 35.0 Å². The predicted molar refractivity (Wildman–Crippen MR) is 493 cm³/mol. The molecule has 24 nitrogen and oxygen atoms in total. The van der Waals surface area contributed by atoms with Crippen LogP contribution in [0.25, 0.3) is 0 Å². The lowest BCUT2D eigenvalue weighted by Gasteiger charge is -2.32. The normalized spacial score (nSPS) is 11.6. The summed E-state index contributed by atoms with van der Waals surface area (Å²) in [5.41, 5.74) is 8.72. The number of hydrogen-bond acceptors (Lipinski definition) is 23. The number of anilines is 1. The van der Waals surface area contributed by atoms with Crippen LogP contribution in [0.15, 0.2) is 297 Å². The number of esters is 10. The van der Waals surface area contributed by atoms with E-state index in [2.05, 4.69) is 40.8 Å². The molecule has 1 N–H and O–H groups in total. The Morgan fingerprint density at radius 1 is 0.267 bits per heavy atom. The lowest BCUT2D eigenvalue weighted by molar-refractivity contribution is -0.143. The molecule has 0 saturated heterocycles. The minimum atomic E-state index is -1.10. The van der Waals surface area contributed by atoms with Crippen molar-refractivity contribution in [2.45, 2.75) is 63.2 Å². The second kappa shape index (κ2) is 46.7. The molecule has 12 aromatic carbocycles. The zero-order valence-electron chi connectivity index (χ0n) is 72.0. The first-order chi connectivity index (χ1) is 62.9. The van der Waals surface area contributed by atoms with Gasteiger partial charge in [0, 0.05) is 48.3 Å². The third kappa shape index (κ3) is 25.5. The van der Waals surface area contributed by atoms with Gasteiger partial charge in [-0.25, -0.2) is 9.59 Å². The number of fused-ring (bicyclic) bond motifs is 1. The van der Waals surface area contributed by atoms with Crippen molar-refractivity contribution in [2.24, 2.45) is 0 Å². The minimum Gasteiger partial charge on any atom is -0.482 e. The van der Waals surface area contributed by atoms with Crippen LogP contribution in [-0.2, 0) is 83.9 Å². The van der Waals surface area contributed by atoms with Crippen LogP contribution < -0.4 is 52.7 Å². The van der Waals surface area contributed by atoms with Crippen LogP contribution in [0, 0.1) is 0 Å². The molecule has 131 heavy (non-hydrogen) atoms. The fourth-order valence-electron chi connectivity index (χ4n) is 14.4. The Morgan fingerprint density at radius 2 is 0.473 bits per heavy atom. The Morgan fingerprint density at radius 3 is 0.702 bits per heavy atom. The van der Waals surface area contributed by atoms with Crippen molar-refractivity contribution in [3.05, 3.63) is 364 Å². The van der Waals surface area contributed by atoms with Crippen molar-refractivity contribution in [2.75, 3.05) is 62.2 Å². The standard InChI is InChI=1S/C28H28O8.C26H21Cl3O6.C24H20Cl2O4.C24H19NO5/c1-19(29)36-25-15-9-22(10-16-25)28(2,20-5-11-23(12-6-20)34-17-26(30)32-3)21-7-13-24(14-8-21)35-18-27(31)33-4;1-26(17-2-8-20(9-3-17)33-23(30)14-27,18-4-10-21(11-5-18)34-24(31)15-28)19-6-12-22(13-7-19)35-25(32)16-29;1-24(17-5-3-2-4-6-17,18-7-11-20(12-8-18)29-22(27)15-25)19-9-13-21(14-10-19)30-23(28)16-26;1-15(26)29-19-11-7-17(8-12-19)24(18-9-13-20(14-10-18)30-16(2)27)21-5-3-4-6-22(21)25-23(24)28/h5-16H,17-18H2,1-4H3;2-13H,14-16H2,1H3;2-14H,15-16H2,1H3;3-14H,1-2H3,(H,25,28). The monoisotopic (exact) mass is 1870 g/mol. The molecule has 0 spiro atoms. The quantitative estimate of drug-likeness (QED) is 0.0189. The maximum atomic E-state index is 13.4. The third-order valence-electron chi connectivity index (χ3n) is 21.0. The van der Waals surface area contributed by atoms with Gasteiger partial charge in [-0.15, -0.1) is 58.0 Å². The number of rotatable bonds is 30. The van der Waals surface area contributed by atoms with Crippen LogP contribution in [0.5, 0.6) is 57.5 Å². The van der Waals surface area contributed by atoms with Crippen LogP contribution >= 0.6 is 58.0 Å². The molecule has 12 aromatic rings. The van der Waals surface area contributed by atoms with Crippen LogP contribution in [0.3, 0.4) is 0 Å². The zero-order chi connectivity index (χ0) is 94.4. The lowest BCUT2D eigenvalue weighted by atomic mass is 9.70. The van der Waals surface area contributed by atoms with Gasteiger partial charge in [-0.1, -0.05) is 170 Å². The van der Waals surface area contributed by atoms with E-state index in [-0.39, 0.29) is 48.5 Å². The summed E-state index contributed by atoms with van der Waals surface area (Å²) in [4.78, 5) is 127. The summed E-state index contributed by atoms with van der Waals surface area (Å²) in [6.45, 7) is 9.86. The Bertz CT molecular complexity index is 5630. The van der Waals surface area contributed by atoms with Crippen LogP contribution in [0.2, 0.25) is 0 Å². The molecule has 0 radical (unpaired) electrons. The van der Waals surface area contributed by atoms with E-state index in [1.807, 2.05) is 146 Å². The average Bonchev–Trinajstić information content (AvgIpc) is 1.57. The second-order valence-electron chi connectivity index (χ2n) is 29.3. The molecule has 29 heteroatoms. The number of alkyl halides is 5. The SMILES string of the molecule is CC(=O)Oc1ccc(C2(c3ccc(OC(C)=O)cc3)C(=O)Nc3ccccc32)cc1.CC(c1ccc(OC(=O)CCl)cc1)(c1ccc(OC(=O)CCl)cc1)c1ccc(OC(=O)CCl)cc1.CC(c1ccccc1)(c1ccc(OC(=O)CCl)cc1)c1ccc(OC(=O)CCl)cc1.COC(=O)COc1ccc(C(C)(c2ccc(OCC(=O)OC)cc2)c2ccc(OC(C)=O)cc2)cc1. The van der Waals surface area contributed by atoms with E-state index in [9.17, 15) is 52.7 Å². The highest BCUT2D eigenvalue weighted by Gasteiger charge is 2.50. The number of amides is 1. The number of carbonyl (C=O) groups is 11. The van der Waals surface area contributed by atoms with E-state index >= 15 is 0 Å². The summed E-state index contributed by atoms with van der Waals surface area (Å²) in [6, 6.07) is 89.4. The molecule has 1 heterocycles. The molecular formula is C102H88Cl5NO23. The van der Waals surface area contributed by atoms with Gasteiger partial charge in [0.15, 0.2) is 13.2 Å². The first kappa shape index (κ1) is 99.0. The van der Waals surface area contributed by atoms with Gasteiger partial charge in [0.1, 0.15) is 92.3 Å². The Hall–Kier alpha value is -14.1. The molecular weight excluding hydrogens is 1780 g/mol. The average molecular weight is 1870 g/mol. The number of benzene rings is 12. The molecule has 1 aliphatic rings. The number of hydrogen-bond donors (Lipinski definition) is 1. The maximum absolute atomic E-state index is 13.4. The fourth-order valence-corrected chi connectivity index (χ4v) is 14.7. The van der Waals surface area contributed by atoms with E-state index in [1.54, 1.807) is 146 Å². The third-order valence-corrected chi connectivity index (χ3v) is 22.0. The van der Waals surface area contributed by atoms with E-state index < -0.39 is 81.4 Å². The molecule has 1 amide bonds. The number of carbonyl (C=O) groups excluding carboxylic acids is 11. The van der Waals surface area contributed by atoms with Gasteiger partial charge in [-0.3, -0.25) is 43.2 Å². The first-order valence-corrected chi connectivity index (χ1v) is 42.9. The maximum Gasteiger partial charge on any atom is 0.343 e. The van der Waals surface area contributed by atoms with Gasteiger partial charge in [0.25, 0.3) is 0 Å². The molecule has 674 valence electrons. The van der Waals surface area contributed by atoms with E-state index in [4.69, 9.17) is 105 Å². The summed E-state index contributed by atoms with van der Waals surface area (Å²) in [5, 5.41) is 2.97. The summed E-state index contributed by atoms with van der Waals surface area (Å²) >= 11 is 27.6. The van der Waals surface area contributed by atoms with Gasteiger partial charge in [-0.2, -0.15) is 0 Å². The van der Waals surface area contributed by atoms with Crippen molar-refractivity contribution in [1.82, 2.24) is 0 Å². The highest BCUT2D eigenvalue weighted by atomic mass is 35.5. The molecule has 0 fully saturated rings. The second-order valence-corrected chi connectivity index (χ2v) is 30.6. The molecule has 0 saturated carbocycles. The van der Waals surface area contributed by atoms with Crippen LogP contribution in [0.4, 0.5) is 5.69 Å². The summed E-state index contributed by atoms with van der Waals surface area (Å²) in [7, 11) is 2.61. The van der Waals surface area contributed by atoms with Crippen molar-refractivity contribution >= 4 is 129 Å². The van der Waals surface area contributed by atoms with Gasteiger partial charge in [-0.05, 0) is 209 Å². The fraction of sp³-hybridized carbons (Fsp3) is 0.186. The smallest absolute Gasteiger partial charge is 0.343 e. The Kier molecular flexibility index (Phi) is 35.3. The molecule has 0 unspecified atom stereocenters. The molecule has 0 bridgehead atoms. The van der Waals surface area contributed by atoms with Crippen molar-refractivity contribution in [1.29, 1.82) is 0 Å². The van der Waals surface area contributed by atoms with Crippen molar-refractivity contribution < 1.29 is 110 Å². The van der Waals surface area contributed by atoms with Crippen LogP contribution in [-0.4, -0.2) is 122 Å². The number of para-hydroxylation sites is 1. The highest BCUT2D eigenvalue weighted by Crippen LogP contribution is 2.49. The van der Waals surface area contributed by atoms with E-state index in [0.717, 1.165) is 72.4 Å². The molecule has 0 aliphatic carbocycles. The predicted octanol–water partition coefficient (Wildman–Crippen LogP) is 18.7. The molecule has 0 atom stereocenters. The van der Waals surface area contributed by atoms with E-state index in [0.29, 0.717) is 57.5 Å². The van der Waals surface area contributed by atoms with Crippen molar-refractivity contribution in [3.8, 4) is 57.5 Å². The number of ether oxygens (including phenoxy) is 12. The molecule has 13 rings (SSSR count). The Labute approximate surface area is 780 Å². The number of methoxy groups -OCH3 is 2. The zero-order valence-corrected chi connectivity index (χ0v) is 75.8. The Balaban J connectivity index is 0.000000182. The summed E-state index contributed by atoms with van der Waals surface area (Å²) < 4.78 is 61.5. The minimum absolute atomic E-state index is 0.183. The van der Waals surface area contributed by atoms with Gasteiger partial charge < -0.3 is 62.2 Å². The number of halogens is 5. The first-order valence-electron chi connectivity index (χ1n) is 40.2. The summed E-state index contributed by atoms with van der Waals surface area (Å²) in [6.07, 6.45) is 0. The molecule has 0 aromatic heterocycles. The summed E-state index contributed by atoms with van der Waals surface area (Å²) in [5.74, 6) is -1.87. The van der Waals surface area contributed by atoms with Gasteiger partial charge in [0.2, 0.25) is 5.91 Å². The highest BCUT2D eigenvalue weighted by molar-refractivity contribution is 6.28.